The number of anilines is 1. The van der Waals surface area contributed by atoms with E-state index in [9.17, 15) is 0 Å². The van der Waals surface area contributed by atoms with Crippen LogP contribution >= 0.6 is 11.8 Å². The van der Waals surface area contributed by atoms with Gasteiger partial charge in [0.2, 0.25) is 5.89 Å². The molecule has 1 rings (SSSR count). The molecule has 0 saturated carbocycles. The highest BCUT2D eigenvalue weighted by Crippen LogP contribution is 2.17. The molecule has 0 radical (unpaired) electrons. The van der Waals surface area contributed by atoms with E-state index in [1.807, 2.05) is 4.90 Å². The van der Waals surface area contributed by atoms with Crippen LogP contribution in [0.2, 0.25) is 0 Å². The molecule has 0 fully saturated rings. The lowest BCUT2D eigenvalue weighted by Gasteiger charge is -2.14. The molecule has 0 aromatic carbocycles. The van der Waals surface area contributed by atoms with Crippen LogP contribution in [0.5, 0.6) is 0 Å². The van der Waals surface area contributed by atoms with Crippen LogP contribution in [-0.2, 0) is 0 Å². The average Bonchev–Trinajstić information content (AvgIpc) is 2.77. The van der Waals surface area contributed by atoms with Gasteiger partial charge in [-0.05, 0) is 37.4 Å². The average molecular weight is 244 g/mol. The smallest absolute Gasteiger partial charge is 0.266 e. The van der Waals surface area contributed by atoms with Crippen molar-refractivity contribution in [2.45, 2.75) is 26.3 Å². The van der Waals surface area contributed by atoms with Crippen molar-refractivity contribution in [3.8, 4) is 0 Å². The second-order valence-electron chi connectivity index (χ2n) is 3.49. The van der Waals surface area contributed by atoms with Crippen molar-refractivity contribution >= 4 is 17.7 Å². The van der Waals surface area contributed by atoms with Crippen molar-refractivity contribution in [1.29, 1.82) is 0 Å². The third kappa shape index (κ3) is 3.38. The lowest BCUT2D eigenvalue weighted by atomic mass is 10.2. The standard InChI is InChI=1S/C10H20N4OS/c1-4-14(5-2)10-12-9(15-13-10)8(11)6-7-16-3/h8H,4-7,11H2,1-3H3. The summed E-state index contributed by atoms with van der Waals surface area (Å²) in [5.41, 5.74) is 5.95. The Morgan fingerprint density at radius 2 is 2.12 bits per heavy atom. The maximum atomic E-state index is 5.95. The molecule has 5 nitrogen and oxygen atoms in total. The Hall–Kier alpha value is -0.750. The Labute approximate surface area is 101 Å². The third-order valence-corrected chi connectivity index (χ3v) is 3.07. The predicted molar refractivity (Wildman–Crippen MR) is 67.8 cm³/mol. The van der Waals surface area contributed by atoms with Crippen LogP contribution in [0.3, 0.4) is 0 Å². The van der Waals surface area contributed by atoms with E-state index >= 15 is 0 Å². The molecule has 1 heterocycles. The maximum absolute atomic E-state index is 5.95. The molecule has 1 aromatic heterocycles. The minimum absolute atomic E-state index is 0.149. The van der Waals surface area contributed by atoms with Crippen LogP contribution in [-0.4, -0.2) is 35.2 Å². The van der Waals surface area contributed by atoms with Crippen LogP contribution in [0.25, 0.3) is 0 Å². The summed E-state index contributed by atoms with van der Waals surface area (Å²) in [6.07, 6.45) is 2.92. The van der Waals surface area contributed by atoms with Gasteiger partial charge in [0.05, 0.1) is 6.04 Å². The molecule has 1 unspecified atom stereocenters. The van der Waals surface area contributed by atoms with Crippen molar-refractivity contribution in [3.05, 3.63) is 5.89 Å². The van der Waals surface area contributed by atoms with E-state index in [4.69, 9.17) is 10.3 Å². The molecule has 0 amide bonds. The van der Waals surface area contributed by atoms with E-state index in [1.165, 1.54) is 0 Å². The zero-order valence-corrected chi connectivity index (χ0v) is 11.0. The minimum atomic E-state index is -0.149. The van der Waals surface area contributed by atoms with Crippen LogP contribution in [0.15, 0.2) is 4.52 Å². The summed E-state index contributed by atoms with van der Waals surface area (Å²) in [5, 5.41) is 3.94. The molecule has 92 valence electrons. The molecule has 0 spiro atoms. The first-order valence-corrected chi connectivity index (χ1v) is 6.95. The summed E-state index contributed by atoms with van der Waals surface area (Å²) < 4.78 is 5.17. The fraction of sp³-hybridized carbons (Fsp3) is 0.800. The molecule has 1 aromatic rings. The lowest BCUT2D eigenvalue weighted by Crippen LogP contribution is -2.23. The highest BCUT2D eigenvalue weighted by molar-refractivity contribution is 7.98. The molecule has 0 bridgehead atoms. The summed E-state index contributed by atoms with van der Waals surface area (Å²) in [7, 11) is 0. The van der Waals surface area contributed by atoms with Crippen LogP contribution in [0.1, 0.15) is 32.2 Å². The van der Waals surface area contributed by atoms with Crippen LogP contribution < -0.4 is 10.6 Å². The molecule has 0 saturated heterocycles. The van der Waals surface area contributed by atoms with Gasteiger partial charge in [0.25, 0.3) is 5.95 Å². The molecular formula is C10H20N4OS. The Morgan fingerprint density at radius 3 is 2.69 bits per heavy atom. The highest BCUT2D eigenvalue weighted by atomic mass is 32.2. The van der Waals surface area contributed by atoms with Crippen LogP contribution in [0.4, 0.5) is 5.95 Å². The summed E-state index contributed by atoms with van der Waals surface area (Å²) in [6.45, 7) is 5.87. The molecule has 6 heteroatoms. The monoisotopic (exact) mass is 244 g/mol. The first-order valence-electron chi connectivity index (χ1n) is 5.55. The minimum Gasteiger partial charge on any atom is -0.339 e. The highest BCUT2D eigenvalue weighted by Gasteiger charge is 2.16. The Balaban J connectivity index is 2.62. The SMILES string of the molecule is CCN(CC)c1noc(C(N)CCSC)n1. The molecule has 1 atom stereocenters. The van der Waals surface area contributed by atoms with E-state index in [0.29, 0.717) is 11.8 Å². The molecule has 0 aliphatic rings. The second kappa shape index (κ2) is 6.75. The predicted octanol–water partition coefficient (Wildman–Crippen LogP) is 1.67. The van der Waals surface area contributed by atoms with E-state index in [0.717, 1.165) is 25.3 Å². The van der Waals surface area contributed by atoms with Crippen molar-refractivity contribution in [1.82, 2.24) is 10.1 Å². The summed E-state index contributed by atoms with van der Waals surface area (Å²) in [4.78, 5) is 6.35. The quantitative estimate of drug-likeness (QED) is 0.787. The summed E-state index contributed by atoms with van der Waals surface area (Å²) >= 11 is 1.77. The zero-order chi connectivity index (χ0) is 12.0. The van der Waals surface area contributed by atoms with Gasteiger partial charge in [0.15, 0.2) is 0 Å². The number of nitrogens with zero attached hydrogens (tertiary/aromatic N) is 3. The van der Waals surface area contributed by atoms with Crippen molar-refractivity contribution in [3.63, 3.8) is 0 Å². The van der Waals surface area contributed by atoms with E-state index in [1.54, 1.807) is 11.8 Å². The van der Waals surface area contributed by atoms with Gasteiger partial charge in [0, 0.05) is 13.1 Å². The zero-order valence-electron chi connectivity index (χ0n) is 10.1. The van der Waals surface area contributed by atoms with Gasteiger partial charge in [-0.3, -0.25) is 0 Å². The van der Waals surface area contributed by atoms with E-state index < -0.39 is 0 Å². The summed E-state index contributed by atoms with van der Waals surface area (Å²) in [6, 6.07) is -0.149. The normalized spacial score (nSPS) is 12.8. The third-order valence-electron chi connectivity index (χ3n) is 2.43. The number of rotatable bonds is 7. The van der Waals surface area contributed by atoms with Gasteiger partial charge in [-0.15, -0.1) is 0 Å². The second-order valence-corrected chi connectivity index (χ2v) is 4.48. The fourth-order valence-electron chi connectivity index (χ4n) is 1.38. The largest absolute Gasteiger partial charge is 0.339 e. The van der Waals surface area contributed by atoms with Gasteiger partial charge >= 0.3 is 0 Å². The molecule has 16 heavy (non-hydrogen) atoms. The molecular weight excluding hydrogens is 224 g/mol. The Morgan fingerprint density at radius 1 is 1.44 bits per heavy atom. The number of hydrogen-bond donors (Lipinski definition) is 1. The topological polar surface area (TPSA) is 68.2 Å². The van der Waals surface area contributed by atoms with E-state index in [-0.39, 0.29) is 6.04 Å². The number of hydrogen-bond acceptors (Lipinski definition) is 6. The fourth-order valence-corrected chi connectivity index (χ4v) is 1.87. The van der Waals surface area contributed by atoms with Gasteiger partial charge in [-0.2, -0.15) is 16.7 Å². The van der Waals surface area contributed by atoms with Crippen molar-refractivity contribution in [2.75, 3.05) is 30.0 Å². The molecule has 2 N–H and O–H groups in total. The number of aromatic nitrogens is 2. The summed E-state index contributed by atoms with van der Waals surface area (Å²) in [5.74, 6) is 2.18. The Bertz CT molecular complexity index is 301. The maximum Gasteiger partial charge on any atom is 0.266 e. The van der Waals surface area contributed by atoms with Gasteiger partial charge in [-0.1, -0.05) is 0 Å². The number of nitrogens with two attached hydrogens (primary N) is 1. The number of thioether (sulfide) groups is 1. The Kier molecular flexibility index (Phi) is 5.62. The first-order chi connectivity index (χ1) is 7.72. The molecule has 0 aliphatic carbocycles. The van der Waals surface area contributed by atoms with Crippen molar-refractivity contribution in [2.24, 2.45) is 5.73 Å². The van der Waals surface area contributed by atoms with Crippen molar-refractivity contribution < 1.29 is 4.52 Å². The lowest BCUT2D eigenvalue weighted by molar-refractivity contribution is 0.352. The molecule has 0 aliphatic heterocycles. The van der Waals surface area contributed by atoms with Crippen LogP contribution in [0, 0.1) is 0 Å². The van der Waals surface area contributed by atoms with E-state index in [2.05, 4.69) is 30.2 Å². The van der Waals surface area contributed by atoms with Gasteiger partial charge in [-0.25, -0.2) is 0 Å². The first kappa shape index (κ1) is 13.3. The van der Waals surface area contributed by atoms with Gasteiger partial charge < -0.3 is 15.2 Å². The van der Waals surface area contributed by atoms with Gasteiger partial charge in [0.1, 0.15) is 0 Å².